The molecule has 0 fully saturated rings. The summed E-state index contributed by atoms with van der Waals surface area (Å²) in [7, 11) is 0. The van der Waals surface area contributed by atoms with Crippen LogP contribution in [-0.2, 0) is 9.59 Å². The normalized spacial score (nSPS) is 19.5. The predicted octanol–water partition coefficient (Wildman–Crippen LogP) is 4.02. The fourth-order valence-electron chi connectivity index (χ4n) is 4.67. The molecule has 0 spiro atoms. The lowest BCUT2D eigenvalue weighted by atomic mass is 9.99. The molecule has 0 bridgehead atoms. The molecule has 2 N–H and O–H groups in total. The van der Waals surface area contributed by atoms with E-state index in [1.807, 2.05) is 37.3 Å². The summed E-state index contributed by atoms with van der Waals surface area (Å²) in [6.07, 6.45) is 5.51. The first kappa shape index (κ1) is 19.6. The summed E-state index contributed by atoms with van der Waals surface area (Å²) >= 11 is 0. The highest BCUT2D eigenvalue weighted by molar-refractivity contribution is 6.05. The molecule has 3 heterocycles. The van der Waals surface area contributed by atoms with E-state index in [2.05, 4.69) is 45.7 Å². The highest BCUT2D eigenvalue weighted by Gasteiger charge is 2.30. The molecule has 2 aromatic carbocycles. The van der Waals surface area contributed by atoms with Crippen molar-refractivity contribution in [3.05, 3.63) is 66.4 Å². The standard InChI is InChI=1S/C25H26N4O2/c1-17-14-24(30)27-22-8-4-5-9-23(22)29(17)25(31)16-28-12-10-18(11-13-28)20-15-26-21-7-3-2-6-19(20)21/h2-10,15,17,26H,11-14,16H2,1H3,(H,27,30). The zero-order valence-corrected chi connectivity index (χ0v) is 17.6. The largest absolute Gasteiger partial charge is 0.361 e. The van der Waals surface area contributed by atoms with Gasteiger partial charge < -0.3 is 15.2 Å². The second-order valence-electron chi connectivity index (χ2n) is 8.34. The van der Waals surface area contributed by atoms with E-state index in [0.717, 1.165) is 30.7 Å². The zero-order valence-electron chi connectivity index (χ0n) is 17.6. The number of amides is 2. The summed E-state index contributed by atoms with van der Waals surface area (Å²) < 4.78 is 0. The Kier molecular flexibility index (Phi) is 5.08. The third kappa shape index (κ3) is 3.75. The number of para-hydroxylation sites is 3. The molecule has 1 atom stereocenters. The number of nitrogens with one attached hydrogen (secondary N) is 2. The van der Waals surface area contributed by atoms with Crippen LogP contribution in [0.4, 0.5) is 11.4 Å². The molecule has 0 aliphatic carbocycles. The van der Waals surface area contributed by atoms with Gasteiger partial charge in [0.25, 0.3) is 0 Å². The van der Waals surface area contributed by atoms with E-state index in [-0.39, 0.29) is 17.9 Å². The number of nitrogens with zero attached hydrogens (tertiary/aromatic N) is 2. The highest BCUT2D eigenvalue weighted by Crippen LogP contribution is 2.32. The highest BCUT2D eigenvalue weighted by atomic mass is 16.2. The number of hydrogen-bond donors (Lipinski definition) is 2. The third-order valence-corrected chi connectivity index (χ3v) is 6.22. The van der Waals surface area contributed by atoms with Gasteiger partial charge in [0.1, 0.15) is 0 Å². The van der Waals surface area contributed by atoms with Crippen LogP contribution in [0.1, 0.15) is 25.3 Å². The number of rotatable bonds is 3. The maximum atomic E-state index is 13.3. The van der Waals surface area contributed by atoms with Crippen LogP contribution in [0.5, 0.6) is 0 Å². The van der Waals surface area contributed by atoms with Gasteiger partial charge in [0.05, 0.1) is 17.9 Å². The van der Waals surface area contributed by atoms with Gasteiger partial charge in [-0.2, -0.15) is 0 Å². The molecule has 2 aliphatic rings. The molecule has 0 saturated heterocycles. The third-order valence-electron chi connectivity index (χ3n) is 6.22. The predicted molar refractivity (Wildman–Crippen MR) is 124 cm³/mol. The van der Waals surface area contributed by atoms with Crippen LogP contribution in [0, 0.1) is 0 Å². The summed E-state index contributed by atoms with van der Waals surface area (Å²) in [5, 5.41) is 4.16. The van der Waals surface area contributed by atoms with Gasteiger partial charge in [0, 0.05) is 48.2 Å². The summed E-state index contributed by atoms with van der Waals surface area (Å²) in [6, 6.07) is 15.7. The molecule has 6 nitrogen and oxygen atoms in total. The number of aromatic amines is 1. The van der Waals surface area contributed by atoms with Crippen molar-refractivity contribution in [3.8, 4) is 0 Å². The fourth-order valence-corrected chi connectivity index (χ4v) is 4.67. The van der Waals surface area contributed by atoms with E-state index in [4.69, 9.17) is 0 Å². The van der Waals surface area contributed by atoms with Gasteiger partial charge in [-0.25, -0.2) is 0 Å². The first-order valence-electron chi connectivity index (χ1n) is 10.8. The molecule has 3 aromatic rings. The lowest BCUT2D eigenvalue weighted by Gasteiger charge is -2.32. The maximum Gasteiger partial charge on any atom is 0.241 e. The molecule has 1 unspecified atom stereocenters. The first-order valence-corrected chi connectivity index (χ1v) is 10.8. The minimum absolute atomic E-state index is 0.0281. The maximum absolute atomic E-state index is 13.3. The minimum Gasteiger partial charge on any atom is -0.361 e. The molecule has 158 valence electrons. The van der Waals surface area contributed by atoms with E-state index < -0.39 is 0 Å². The van der Waals surface area contributed by atoms with Gasteiger partial charge in [0.15, 0.2) is 0 Å². The topological polar surface area (TPSA) is 68.4 Å². The van der Waals surface area contributed by atoms with Crippen molar-refractivity contribution in [2.24, 2.45) is 0 Å². The molecule has 31 heavy (non-hydrogen) atoms. The number of hydrogen-bond acceptors (Lipinski definition) is 3. The van der Waals surface area contributed by atoms with Crippen LogP contribution in [-0.4, -0.2) is 47.4 Å². The number of aromatic nitrogens is 1. The lowest BCUT2D eigenvalue weighted by molar-refractivity contribution is -0.120. The number of carbonyl (C=O) groups is 2. The van der Waals surface area contributed by atoms with Crippen molar-refractivity contribution in [3.63, 3.8) is 0 Å². The van der Waals surface area contributed by atoms with E-state index in [1.54, 1.807) is 4.90 Å². The van der Waals surface area contributed by atoms with Crippen LogP contribution in [0.2, 0.25) is 0 Å². The Hall–Kier alpha value is -3.38. The number of carbonyl (C=O) groups excluding carboxylic acids is 2. The smallest absolute Gasteiger partial charge is 0.241 e. The average molecular weight is 415 g/mol. The molecule has 1 aromatic heterocycles. The molecule has 2 aliphatic heterocycles. The van der Waals surface area contributed by atoms with Gasteiger partial charge in [-0.1, -0.05) is 36.4 Å². The molecule has 6 heteroatoms. The molecular weight excluding hydrogens is 388 g/mol. The molecule has 2 amide bonds. The molecule has 5 rings (SSSR count). The average Bonchev–Trinajstić information content (AvgIpc) is 3.14. The summed E-state index contributed by atoms with van der Waals surface area (Å²) in [5.74, 6) is -0.0279. The number of anilines is 2. The summed E-state index contributed by atoms with van der Waals surface area (Å²) in [5.41, 5.74) is 5.20. The van der Waals surface area contributed by atoms with E-state index in [1.165, 1.54) is 16.5 Å². The Labute approximate surface area is 181 Å². The Balaban J connectivity index is 1.32. The van der Waals surface area contributed by atoms with Gasteiger partial charge in [-0.15, -0.1) is 0 Å². The molecule has 0 saturated carbocycles. The number of H-pyrrole nitrogens is 1. The Morgan fingerprint density at radius 2 is 1.94 bits per heavy atom. The summed E-state index contributed by atoms with van der Waals surface area (Å²) in [6.45, 7) is 3.84. The lowest BCUT2D eigenvalue weighted by Crippen LogP contribution is -2.45. The van der Waals surface area contributed by atoms with E-state index >= 15 is 0 Å². The van der Waals surface area contributed by atoms with Crippen molar-refractivity contribution in [2.75, 3.05) is 29.9 Å². The SMILES string of the molecule is CC1CC(=O)Nc2ccccc2N1C(=O)CN1CC=C(c2c[nH]c3ccccc23)CC1. The second-order valence-corrected chi connectivity index (χ2v) is 8.34. The van der Waals surface area contributed by atoms with Crippen LogP contribution >= 0.6 is 0 Å². The molecule has 0 radical (unpaired) electrons. The van der Waals surface area contributed by atoms with Gasteiger partial charge >= 0.3 is 0 Å². The first-order chi connectivity index (χ1) is 15.1. The minimum atomic E-state index is -0.182. The number of benzene rings is 2. The zero-order chi connectivity index (χ0) is 21.4. The van der Waals surface area contributed by atoms with Crippen molar-refractivity contribution in [2.45, 2.75) is 25.8 Å². The Morgan fingerprint density at radius 1 is 1.13 bits per heavy atom. The molecular formula is C25H26N4O2. The van der Waals surface area contributed by atoms with Crippen molar-refractivity contribution < 1.29 is 9.59 Å². The van der Waals surface area contributed by atoms with Crippen LogP contribution in [0.15, 0.2) is 60.8 Å². The summed E-state index contributed by atoms with van der Waals surface area (Å²) in [4.78, 5) is 32.8. The monoisotopic (exact) mass is 414 g/mol. The van der Waals surface area contributed by atoms with Gasteiger partial charge in [-0.3, -0.25) is 14.5 Å². The van der Waals surface area contributed by atoms with Crippen LogP contribution in [0.3, 0.4) is 0 Å². The van der Waals surface area contributed by atoms with Gasteiger partial charge in [-0.05, 0) is 37.1 Å². The van der Waals surface area contributed by atoms with Crippen molar-refractivity contribution in [1.82, 2.24) is 9.88 Å². The Bertz CT molecular complexity index is 1180. The van der Waals surface area contributed by atoms with Crippen LogP contribution in [0.25, 0.3) is 16.5 Å². The van der Waals surface area contributed by atoms with Crippen LogP contribution < -0.4 is 10.2 Å². The fraction of sp³-hybridized carbons (Fsp3) is 0.280. The number of fused-ring (bicyclic) bond motifs is 2. The van der Waals surface area contributed by atoms with Crippen molar-refractivity contribution in [1.29, 1.82) is 0 Å². The van der Waals surface area contributed by atoms with Crippen molar-refractivity contribution >= 4 is 39.7 Å². The van der Waals surface area contributed by atoms with Gasteiger partial charge in [0.2, 0.25) is 11.8 Å². The Morgan fingerprint density at radius 3 is 2.77 bits per heavy atom. The second kappa shape index (κ2) is 8.04. The van der Waals surface area contributed by atoms with E-state index in [9.17, 15) is 9.59 Å². The quantitative estimate of drug-likeness (QED) is 0.680. The van der Waals surface area contributed by atoms with E-state index in [0.29, 0.717) is 18.7 Å².